The van der Waals surface area contributed by atoms with Gasteiger partial charge in [0.05, 0.1) is 12.7 Å². The lowest BCUT2D eigenvalue weighted by atomic mass is 10.1. The summed E-state index contributed by atoms with van der Waals surface area (Å²) in [7, 11) is 1.51. The van der Waals surface area contributed by atoms with E-state index < -0.39 is 5.91 Å². The number of nitrogens with zero attached hydrogens (tertiary/aromatic N) is 2. The molecule has 2 aromatic rings. The minimum Gasteiger partial charge on any atom is -0.497 e. The fourth-order valence-corrected chi connectivity index (χ4v) is 1.76. The van der Waals surface area contributed by atoms with Gasteiger partial charge in [0.15, 0.2) is 11.0 Å². The number of hydrogen-bond acceptors (Lipinski definition) is 5. The van der Waals surface area contributed by atoms with E-state index >= 15 is 0 Å². The van der Waals surface area contributed by atoms with Crippen LogP contribution in [-0.2, 0) is 0 Å². The second-order valence-electron chi connectivity index (χ2n) is 3.73. The number of ether oxygens (including phenoxy) is 1. The molecule has 0 bridgehead atoms. The lowest BCUT2D eigenvalue weighted by molar-refractivity contribution is 0.102. The molecule has 0 aliphatic rings. The van der Waals surface area contributed by atoms with Gasteiger partial charge in [-0.05, 0) is 12.1 Å². The van der Waals surface area contributed by atoms with E-state index in [-0.39, 0.29) is 27.2 Å². The van der Waals surface area contributed by atoms with Crippen molar-refractivity contribution in [3.05, 3.63) is 40.3 Å². The van der Waals surface area contributed by atoms with Crippen LogP contribution in [0.4, 0.5) is 11.5 Å². The monoisotopic (exact) mass is 312 g/mol. The Morgan fingerprint density at radius 1 is 1.35 bits per heavy atom. The van der Waals surface area contributed by atoms with Crippen LogP contribution >= 0.6 is 23.2 Å². The highest BCUT2D eigenvalue weighted by Crippen LogP contribution is 2.26. The van der Waals surface area contributed by atoms with Crippen molar-refractivity contribution < 1.29 is 9.53 Å². The van der Waals surface area contributed by atoms with Gasteiger partial charge >= 0.3 is 0 Å². The zero-order chi connectivity index (χ0) is 14.7. The number of methoxy groups -OCH3 is 1. The predicted octanol–water partition coefficient (Wildman–Crippen LogP) is 2.63. The van der Waals surface area contributed by atoms with Gasteiger partial charge in [0.1, 0.15) is 17.1 Å². The van der Waals surface area contributed by atoms with Crippen molar-refractivity contribution in [1.82, 2.24) is 9.97 Å². The molecular formula is C12H10Cl2N4O2. The van der Waals surface area contributed by atoms with E-state index in [9.17, 15) is 4.79 Å². The lowest BCUT2D eigenvalue weighted by Crippen LogP contribution is -2.15. The molecule has 0 saturated heterocycles. The second kappa shape index (κ2) is 5.94. The number of rotatable bonds is 3. The summed E-state index contributed by atoms with van der Waals surface area (Å²) in [6.07, 6.45) is 1.20. The van der Waals surface area contributed by atoms with Crippen molar-refractivity contribution in [3.63, 3.8) is 0 Å². The van der Waals surface area contributed by atoms with E-state index in [1.54, 1.807) is 18.2 Å². The van der Waals surface area contributed by atoms with Crippen LogP contribution in [-0.4, -0.2) is 23.0 Å². The average Bonchev–Trinajstić information content (AvgIpc) is 2.43. The molecule has 0 atom stereocenters. The molecule has 8 heteroatoms. The molecule has 2 rings (SSSR count). The van der Waals surface area contributed by atoms with Crippen LogP contribution in [0.1, 0.15) is 10.4 Å². The minimum absolute atomic E-state index is 0.0552. The Morgan fingerprint density at radius 2 is 2.10 bits per heavy atom. The molecule has 3 N–H and O–H groups in total. The second-order valence-corrected chi connectivity index (χ2v) is 4.47. The van der Waals surface area contributed by atoms with Crippen molar-refractivity contribution in [2.75, 3.05) is 18.2 Å². The maximum absolute atomic E-state index is 12.1. The summed E-state index contributed by atoms with van der Waals surface area (Å²) in [6, 6.07) is 4.71. The number of nitrogens with one attached hydrogen (secondary N) is 1. The van der Waals surface area contributed by atoms with Gasteiger partial charge in [-0.25, -0.2) is 9.97 Å². The summed E-state index contributed by atoms with van der Waals surface area (Å²) in [5, 5.41) is 2.64. The lowest BCUT2D eigenvalue weighted by Gasteiger charge is -2.09. The van der Waals surface area contributed by atoms with E-state index in [0.717, 1.165) is 0 Å². The summed E-state index contributed by atoms with van der Waals surface area (Å²) in [5.41, 5.74) is 6.34. The summed E-state index contributed by atoms with van der Waals surface area (Å²) >= 11 is 11.6. The van der Waals surface area contributed by atoms with Gasteiger partial charge in [0, 0.05) is 11.8 Å². The first kappa shape index (κ1) is 14.4. The van der Waals surface area contributed by atoms with Gasteiger partial charge in [-0.3, -0.25) is 4.79 Å². The van der Waals surface area contributed by atoms with Gasteiger partial charge in [0.25, 0.3) is 5.91 Å². The predicted molar refractivity (Wildman–Crippen MR) is 77.4 cm³/mol. The Labute approximate surface area is 124 Å². The first-order valence-electron chi connectivity index (χ1n) is 5.43. The van der Waals surface area contributed by atoms with Crippen LogP contribution in [0, 0.1) is 0 Å². The normalized spacial score (nSPS) is 10.2. The third kappa shape index (κ3) is 2.92. The standard InChI is InChI=1S/C12H10Cl2N4O2/c1-20-6-2-3-7(8(15)4-6)12(19)18-11-9(13)10(14)16-5-17-11/h2-5H,15H2,1H3,(H,16,17,18,19). The van der Waals surface area contributed by atoms with E-state index in [4.69, 9.17) is 33.7 Å². The number of nitrogen functional groups attached to an aromatic ring is 1. The molecule has 0 radical (unpaired) electrons. The molecular weight excluding hydrogens is 303 g/mol. The average molecular weight is 313 g/mol. The first-order valence-corrected chi connectivity index (χ1v) is 6.19. The highest BCUT2D eigenvalue weighted by molar-refractivity contribution is 6.43. The summed E-state index contributed by atoms with van der Waals surface area (Å²) in [5.74, 6) is 0.218. The Bertz CT molecular complexity index is 664. The topological polar surface area (TPSA) is 90.1 Å². The molecule has 1 amide bonds. The fourth-order valence-electron chi connectivity index (χ4n) is 1.48. The number of carbonyl (C=O) groups is 1. The molecule has 0 aliphatic heterocycles. The van der Waals surface area contributed by atoms with Crippen LogP contribution < -0.4 is 15.8 Å². The van der Waals surface area contributed by atoms with Crippen LogP contribution in [0.5, 0.6) is 5.75 Å². The highest BCUT2D eigenvalue weighted by atomic mass is 35.5. The Morgan fingerprint density at radius 3 is 2.75 bits per heavy atom. The van der Waals surface area contributed by atoms with Gasteiger partial charge in [-0.15, -0.1) is 0 Å². The zero-order valence-corrected chi connectivity index (χ0v) is 11.9. The highest BCUT2D eigenvalue weighted by Gasteiger charge is 2.14. The summed E-state index contributed by atoms with van der Waals surface area (Å²) < 4.78 is 5.01. The van der Waals surface area contributed by atoms with Crippen molar-refractivity contribution >= 4 is 40.6 Å². The molecule has 1 aromatic carbocycles. The van der Waals surface area contributed by atoms with Gasteiger partial charge in [0.2, 0.25) is 0 Å². The van der Waals surface area contributed by atoms with Crippen LogP contribution in [0.15, 0.2) is 24.5 Å². The first-order chi connectivity index (χ1) is 9.52. The minimum atomic E-state index is -0.457. The number of hydrogen-bond donors (Lipinski definition) is 2. The van der Waals surface area contributed by atoms with Crippen LogP contribution in [0.2, 0.25) is 10.2 Å². The maximum atomic E-state index is 12.1. The molecule has 0 aliphatic carbocycles. The van der Waals surface area contributed by atoms with Crippen molar-refractivity contribution in [2.45, 2.75) is 0 Å². The van der Waals surface area contributed by atoms with Crippen molar-refractivity contribution in [1.29, 1.82) is 0 Å². The van der Waals surface area contributed by atoms with Crippen molar-refractivity contribution in [2.24, 2.45) is 0 Å². The number of benzene rings is 1. The van der Waals surface area contributed by atoms with Crippen molar-refractivity contribution in [3.8, 4) is 5.75 Å². The molecule has 6 nitrogen and oxygen atoms in total. The molecule has 1 aromatic heterocycles. The van der Waals surface area contributed by atoms with E-state index in [0.29, 0.717) is 5.75 Å². The largest absolute Gasteiger partial charge is 0.497 e. The Kier molecular flexibility index (Phi) is 4.26. The van der Waals surface area contributed by atoms with Crippen LogP contribution in [0.3, 0.4) is 0 Å². The maximum Gasteiger partial charge on any atom is 0.258 e. The molecule has 0 spiro atoms. The number of halogens is 2. The summed E-state index contributed by atoms with van der Waals surface area (Å²) in [4.78, 5) is 19.6. The number of nitrogens with two attached hydrogens (primary N) is 1. The Hall–Kier alpha value is -2.05. The molecule has 104 valence electrons. The fraction of sp³-hybridized carbons (Fsp3) is 0.0833. The summed E-state index contributed by atoms with van der Waals surface area (Å²) in [6.45, 7) is 0. The van der Waals surface area contributed by atoms with E-state index in [1.165, 1.54) is 13.4 Å². The number of anilines is 2. The number of aromatic nitrogens is 2. The smallest absolute Gasteiger partial charge is 0.258 e. The van der Waals surface area contributed by atoms with Gasteiger partial charge in [-0.2, -0.15) is 0 Å². The SMILES string of the molecule is COc1ccc(C(=O)Nc2ncnc(Cl)c2Cl)c(N)c1. The Balaban J connectivity index is 2.26. The molecule has 0 unspecified atom stereocenters. The van der Waals surface area contributed by atoms with Gasteiger partial charge < -0.3 is 15.8 Å². The van der Waals surface area contributed by atoms with E-state index in [1.807, 2.05) is 0 Å². The quantitative estimate of drug-likeness (QED) is 0.671. The molecule has 20 heavy (non-hydrogen) atoms. The number of amides is 1. The number of carbonyl (C=O) groups excluding carboxylic acids is 1. The molecule has 0 saturated carbocycles. The van der Waals surface area contributed by atoms with Crippen LogP contribution in [0.25, 0.3) is 0 Å². The zero-order valence-electron chi connectivity index (χ0n) is 10.4. The molecule has 1 heterocycles. The van der Waals surface area contributed by atoms with Gasteiger partial charge in [-0.1, -0.05) is 23.2 Å². The third-order valence-electron chi connectivity index (χ3n) is 2.48. The third-order valence-corrected chi connectivity index (χ3v) is 3.22. The van der Waals surface area contributed by atoms with E-state index in [2.05, 4.69) is 15.3 Å². The molecule has 0 fully saturated rings.